The summed E-state index contributed by atoms with van der Waals surface area (Å²) in [6.07, 6.45) is 1.75. The minimum atomic E-state index is -0.279. The van der Waals surface area contributed by atoms with Crippen molar-refractivity contribution in [1.29, 1.82) is 0 Å². The average Bonchev–Trinajstić information content (AvgIpc) is 2.72. The normalized spacial score (nSPS) is 10.3. The van der Waals surface area contributed by atoms with Crippen molar-refractivity contribution in [2.75, 3.05) is 0 Å². The third-order valence-corrected chi connectivity index (χ3v) is 3.40. The zero-order valence-corrected chi connectivity index (χ0v) is 11.0. The van der Waals surface area contributed by atoms with Crippen LogP contribution in [0.3, 0.4) is 0 Å². The number of carbonyl (C=O) groups is 1. The summed E-state index contributed by atoms with van der Waals surface area (Å²) in [6.45, 7) is 4.21. The molecule has 2 aromatic rings. The van der Waals surface area contributed by atoms with Gasteiger partial charge in [-0.1, -0.05) is 6.07 Å². The number of aryl methyl sites for hydroxylation is 2. The second-order valence-electron chi connectivity index (χ2n) is 4.05. The maximum absolute atomic E-state index is 11.9. The van der Waals surface area contributed by atoms with Crippen molar-refractivity contribution in [3.63, 3.8) is 0 Å². The quantitative estimate of drug-likeness (QED) is 0.892. The maximum atomic E-state index is 11.9. The summed E-state index contributed by atoms with van der Waals surface area (Å²) in [7, 11) is 0. The van der Waals surface area contributed by atoms with Crippen LogP contribution in [0.25, 0.3) is 0 Å². The molecule has 0 aliphatic rings. The summed E-state index contributed by atoms with van der Waals surface area (Å²) in [5.74, 6) is -0.272. The summed E-state index contributed by atoms with van der Waals surface area (Å²) in [6, 6.07) is 5.00. The number of nitrogens with one attached hydrogen (secondary N) is 1. The SMILES string of the molecule is Cc1ccc(C(=O)NCc2cnc(C)s2)c(O)c1. The van der Waals surface area contributed by atoms with Gasteiger partial charge < -0.3 is 10.4 Å². The second kappa shape index (κ2) is 5.18. The number of benzene rings is 1. The molecule has 0 bridgehead atoms. The van der Waals surface area contributed by atoms with Crippen LogP contribution in [0.5, 0.6) is 5.75 Å². The molecule has 0 radical (unpaired) electrons. The van der Waals surface area contributed by atoms with Crippen molar-refractivity contribution < 1.29 is 9.90 Å². The van der Waals surface area contributed by atoms with E-state index < -0.39 is 0 Å². The Balaban J connectivity index is 2.03. The molecular formula is C13H14N2O2S. The third kappa shape index (κ3) is 2.87. The number of phenolic OH excluding ortho intramolecular Hbond substituents is 1. The predicted molar refractivity (Wildman–Crippen MR) is 70.9 cm³/mol. The molecule has 1 amide bonds. The van der Waals surface area contributed by atoms with Crippen molar-refractivity contribution in [3.05, 3.63) is 45.4 Å². The molecule has 1 heterocycles. The standard InChI is InChI=1S/C13H14N2O2S/c1-8-3-4-11(12(16)5-8)13(17)15-7-10-6-14-9(2)18-10/h3-6,16H,7H2,1-2H3,(H,15,17). The minimum absolute atomic E-state index is 0.00739. The van der Waals surface area contributed by atoms with Gasteiger partial charge in [-0.05, 0) is 31.5 Å². The van der Waals surface area contributed by atoms with E-state index in [9.17, 15) is 9.90 Å². The van der Waals surface area contributed by atoms with E-state index in [0.717, 1.165) is 15.4 Å². The molecule has 0 fully saturated rings. The van der Waals surface area contributed by atoms with Crippen LogP contribution in [-0.2, 0) is 6.54 Å². The van der Waals surface area contributed by atoms with Crippen LogP contribution in [-0.4, -0.2) is 16.0 Å². The number of hydrogen-bond acceptors (Lipinski definition) is 4. The lowest BCUT2D eigenvalue weighted by molar-refractivity contribution is 0.0948. The lowest BCUT2D eigenvalue weighted by atomic mass is 10.1. The Kier molecular flexibility index (Phi) is 3.62. The first-order valence-corrected chi connectivity index (χ1v) is 6.37. The third-order valence-electron chi connectivity index (χ3n) is 2.49. The number of aromatic nitrogens is 1. The number of carbonyl (C=O) groups excluding carboxylic acids is 1. The summed E-state index contributed by atoms with van der Waals surface area (Å²) in [5.41, 5.74) is 1.21. The van der Waals surface area contributed by atoms with Gasteiger partial charge in [0.2, 0.25) is 0 Å². The molecule has 1 aromatic heterocycles. The molecule has 2 N–H and O–H groups in total. The minimum Gasteiger partial charge on any atom is -0.507 e. The first-order chi connectivity index (χ1) is 8.56. The van der Waals surface area contributed by atoms with Gasteiger partial charge in [0.1, 0.15) is 5.75 Å². The van der Waals surface area contributed by atoms with Crippen LogP contribution in [0.4, 0.5) is 0 Å². The van der Waals surface area contributed by atoms with E-state index in [1.165, 1.54) is 0 Å². The lowest BCUT2D eigenvalue weighted by Gasteiger charge is -2.06. The molecule has 0 spiro atoms. The molecule has 2 rings (SSSR count). The van der Waals surface area contributed by atoms with Crippen LogP contribution in [0, 0.1) is 13.8 Å². The molecule has 94 valence electrons. The molecule has 18 heavy (non-hydrogen) atoms. The zero-order chi connectivity index (χ0) is 13.1. The number of phenols is 1. The molecule has 0 atom stereocenters. The highest BCUT2D eigenvalue weighted by atomic mass is 32.1. The average molecular weight is 262 g/mol. The van der Waals surface area contributed by atoms with E-state index in [2.05, 4.69) is 10.3 Å². The van der Waals surface area contributed by atoms with Gasteiger partial charge in [-0.15, -0.1) is 11.3 Å². The molecule has 0 aliphatic carbocycles. The van der Waals surface area contributed by atoms with Gasteiger partial charge in [0.05, 0.1) is 17.1 Å². The van der Waals surface area contributed by atoms with Crippen LogP contribution in [0.15, 0.2) is 24.4 Å². The Morgan fingerprint density at radius 2 is 2.22 bits per heavy atom. The molecular weight excluding hydrogens is 248 g/mol. The van der Waals surface area contributed by atoms with Crippen LogP contribution in [0.2, 0.25) is 0 Å². The van der Waals surface area contributed by atoms with Gasteiger partial charge in [0, 0.05) is 11.1 Å². The summed E-state index contributed by atoms with van der Waals surface area (Å²) < 4.78 is 0. The van der Waals surface area contributed by atoms with Crippen molar-refractivity contribution in [2.24, 2.45) is 0 Å². The summed E-state index contributed by atoms with van der Waals surface area (Å²) in [4.78, 5) is 17.0. The number of rotatable bonds is 3. The maximum Gasteiger partial charge on any atom is 0.255 e. The van der Waals surface area contributed by atoms with Crippen LogP contribution >= 0.6 is 11.3 Å². The first-order valence-electron chi connectivity index (χ1n) is 5.55. The van der Waals surface area contributed by atoms with Crippen LogP contribution in [0.1, 0.15) is 25.8 Å². The molecule has 0 saturated heterocycles. The number of nitrogens with zero attached hydrogens (tertiary/aromatic N) is 1. The highest BCUT2D eigenvalue weighted by molar-refractivity contribution is 7.11. The molecule has 5 heteroatoms. The Hall–Kier alpha value is -1.88. The van der Waals surface area contributed by atoms with E-state index in [0.29, 0.717) is 12.1 Å². The van der Waals surface area contributed by atoms with Gasteiger partial charge in [-0.25, -0.2) is 4.98 Å². The monoisotopic (exact) mass is 262 g/mol. The second-order valence-corrected chi connectivity index (χ2v) is 5.37. The summed E-state index contributed by atoms with van der Waals surface area (Å²) >= 11 is 1.54. The Bertz CT molecular complexity index is 578. The Labute approximate surface area is 109 Å². The van der Waals surface area contributed by atoms with Gasteiger partial charge in [-0.3, -0.25) is 4.79 Å². The van der Waals surface area contributed by atoms with Crippen LogP contribution < -0.4 is 5.32 Å². The number of thiazole rings is 1. The van der Waals surface area contributed by atoms with E-state index in [1.807, 2.05) is 13.8 Å². The van der Waals surface area contributed by atoms with Crippen molar-refractivity contribution in [1.82, 2.24) is 10.3 Å². The van der Waals surface area contributed by atoms with Gasteiger partial charge >= 0.3 is 0 Å². The number of hydrogen-bond donors (Lipinski definition) is 2. The molecule has 0 aliphatic heterocycles. The first kappa shape index (κ1) is 12.6. The Morgan fingerprint density at radius 3 is 2.83 bits per heavy atom. The molecule has 4 nitrogen and oxygen atoms in total. The fraction of sp³-hybridized carbons (Fsp3) is 0.231. The van der Waals surface area contributed by atoms with Crippen molar-refractivity contribution in [3.8, 4) is 5.75 Å². The fourth-order valence-corrected chi connectivity index (χ4v) is 2.32. The number of amides is 1. The van der Waals surface area contributed by atoms with Crippen molar-refractivity contribution >= 4 is 17.2 Å². The largest absolute Gasteiger partial charge is 0.507 e. The molecule has 1 aromatic carbocycles. The Morgan fingerprint density at radius 1 is 1.44 bits per heavy atom. The van der Waals surface area contributed by atoms with E-state index in [1.54, 1.807) is 35.7 Å². The van der Waals surface area contributed by atoms with E-state index in [4.69, 9.17) is 0 Å². The summed E-state index contributed by atoms with van der Waals surface area (Å²) in [5, 5.41) is 13.4. The highest BCUT2D eigenvalue weighted by Crippen LogP contribution is 2.18. The van der Waals surface area contributed by atoms with Gasteiger partial charge in [0.25, 0.3) is 5.91 Å². The predicted octanol–water partition coefficient (Wildman–Crippen LogP) is 2.40. The highest BCUT2D eigenvalue weighted by Gasteiger charge is 2.11. The molecule has 0 unspecified atom stereocenters. The molecule has 0 saturated carbocycles. The lowest BCUT2D eigenvalue weighted by Crippen LogP contribution is -2.22. The fourth-order valence-electron chi connectivity index (χ4n) is 1.58. The zero-order valence-electron chi connectivity index (χ0n) is 10.2. The van der Waals surface area contributed by atoms with Gasteiger partial charge in [0.15, 0.2) is 0 Å². The number of aromatic hydroxyl groups is 1. The van der Waals surface area contributed by atoms with Gasteiger partial charge in [-0.2, -0.15) is 0 Å². The smallest absolute Gasteiger partial charge is 0.255 e. The van der Waals surface area contributed by atoms with E-state index in [-0.39, 0.29) is 11.7 Å². The topological polar surface area (TPSA) is 62.2 Å². The van der Waals surface area contributed by atoms with E-state index >= 15 is 0 Å². The van der Waals surface area contributed by atoms with Crippen molar-refractivity contribution in [2.45, 2.75) is 20.4 Å².